The van der Waals surface area contributed by atoms with Crippen LogP contribution in [0.25, 0.3) is 0 Å². The van der Waals surface area contributed by atoms with Crippen LogP contribution in [0, 0.1) is 29.4 Å². The zero-order valence-corrected chi connectivity index (χ0v) is 12.7. The fourth-order valence-electron chi connectivity index (χ4n) is 4.61. The minimum absolute atomic E-state index is 0.00785. The molecule has 116 valence electrons. The van der Waals surface area contributed by atoms with Gasteiger partial charge in [0.05, 0.1) is 0 Å². The highest BCUT2D eigenvalue weighted by atomic mass is 19.1. The summed E-state index contributed by atoms with van der Waals surface area (Å²) in [6, 6.07) is 3.99. The fraction of sp³-hybridized carbons (Fsp3) is 0.667. The van der Waals surface area contributed by atoms with E-state index in [4.69, 9.17) is 0 Å². The van der Waals surface area contributed by atoms with Gasteiger partial charge < -0.3 is 5.32 Å². The molecule has 0 saturated heterocycles. The van der Waals surface area contributed by atoms with Gasteiger partial charge in [0, 0.05) is 17.7 Å². The monoisotopic (exact) mass is 293 g/mol. The number of rotatable bonds is 3. The van der Waals surface area contributed by atoms with Crippen LogP contribution < -0.4 is 5.32 Å². The molecule has 0 amide bonds. The summed E-state index contributed by atoms with van der Waals surface area (Å²) in [5.74, 6) is 1.26. The smallest absolute Gasteiger partial charge is 0.130 e. The first-order chi connectivity index (χ1) is 10.2. The largest absolute Gasteiger partial charge is 0.313 e. The number of nitrogens with one attached hydrogen (secondary N) is 1. The Labute approximate surface area is 126 Å². The summed E-state index contributed by atoms with van der Waals surface area (Å²) in [5.41, 5.74) is 0.623. The lowest BCUT2D eigenvalue weighted by molar-refractivity contribution is 0.110. The van der Waals surface area contributed by atoms with E-state index in [1.165, 1.54) is 44.6 Å². The second-order valence-corrected chi connectivity index (χ2v) is 6.81. The molecule has 0 radical (unpaired) electrons. The maximum atomic E-state index is 14.1. The van der Waals surface area contributed by atoms with Gasteiger partial charge in [0.2, 0.25) is 0 Å². The van der Waals surface area contributed by atoms with Crippen LogP contribution >= 0.6 is 0 Å². The van der Waals surface area contributed by atoms with Crippen LogP contribution in [0.5, 0.6) is 0 Å². The molecule has 0 aromatic heterocycles. The van der Waals surface area contributed by atoms with Gasteiger partial charge in [-0.05, 0) is 50.1 Å². The van der Waals surface area contributed by atoms with Crippen LogP contribution in [0.2, 0.25) is 0 Å². The van der Waals surface area contributed by atoms with Crippen molar-refractivity contribution in [1.82, 2.24) is 5.32 Å². The minimum atomic E-state index is -0.498. The number of hydrogen-bond acceptors (Lipinski definition) is 1. The van der Waals surface area contributed by atoms with Gasteiger partial charge in [-0.3, -0.25) is 0 Å². The first-order valence-corrected chi connectivity index (χ1v) is 8.31. The Balaban J connectivity index is 1.77. The summed E-state index contributed by atoms with van der Waals surface area (Å²) in [6.07, 6.45) is 9.07. The number of halogens is 2. The molecule has 0 aliphatic heterocycles. The molecule has 0 bridgehead atoms. The molecule has 1 nitrogen and oxygen atoms in total. The summed E-state index contributed by atoms with van der Waals surface area (Å²) < 4.78 is 27.2. The standard InChI is InChI=1S/C18H25F2N/c1-21-18(16-9-8-15(19)11-17(16)20)14-7-6-12-4-2-3-5-13(12)10-14/h8-9,11-14,18,21H,2-7,10H2,1H3. The molecule has 0 spiro atoms. The van der Waals surface area contributed by atoms with E-state index in [2.05, 4.69) is 5.32 Å². The Morgan fingerprint density at radius 3 is 2.52 bits per heavy atom. The van der Waals surface area contributed by atoms with Crippen molar-refractivity contribution in [2.24, 2.45) is 17.8 Å². The van der Waals surface area contributed by atoms with Crippen LogP contribution in [0.3, 0.4) is 0 Å². The van der Waals surface area contributed by atoms with Crippen LogP contribution in [0.4, 0.5) is 8.78 Å². The van der Waals surface area contributed by atoms with E-state index in [0.717, 1.165) is 24.3 Å². The van der Waals surface area contributed by atoms with Crippen molar-refractivity contribution in [1.29, 1.82) is 0 Å². The molecule has 0 heterocycles. The minimum Gasteiger partial charge on any atom is -0.313 e. The van der Waals surface area contributed by atoms with E-state index < -0.39 is 11.6 Å². The average molecular weight is 293 g/mol. The summed E-state index contributed by atoms with van der Waals surface area (Å²) in [5, 5.41) is 3.28. The van der Waals surface area contributed by atoms with Crippen molar-refractivity contribution >= 4 is 0 Å². The predicted molar refractivity (Wildman–Crippen MR) is 80.9 cm³/mol. The van der Waals surface area contributed by atoms with Crippen LogP contribution in [0.1, 0.15) is 56.6 Å². The molecule has 4 atom stereocenters. The second-order valence-electron chi connectivity index (χ2n) is 6.81. The Morgan fingerprint density at radius 2 is 1.81 bits per heavy atom. The molecular weight excluding hydrogens is 268 g/mol. The van der Waals surface area contributed by atoms with E-state index in [1.807, 2.05) is 7.05 Å². The summed E-state index contributed by atoms with van der Waals surface area (Å²) in [6.45, 7) is 0. The van der Waals surface area contributed by atoms with Gasteiger partial charge in [-0.15, -0.1) is 0 Å². The van der Waals surface area contributed by atoms with Gasteiger partial charge in [-0.25, -0.2) is 8.78 Å². The summed E-state index contributed by atoms with van der Waals surface area (Å²) in [4.78, 5) is 0. The normalized spacial score (nSPS) is 30.7. The lowest BCUT2D eigenvalue weighted by atomic mass is 9.65. The number of hydrogen-bond donors (Lipinski definition) is 1. The molecule has 4 unspecified atom stereocenters. The van der Waals surface area contributed by atoms with Crippen LogP contribution in [0.15, 0.2) is 18.2 Å². The van der Waals surface area contributed by atoms with E-state index in [-0.39, 0.29) is 6.04 Å². The maximum absolute atomic E-state index is 14.1. The molecule has 1 N–H and O–H groups in total. The lowest BCUT2D eigenvalue weighted by Gasteiger charge is -2.42. The predicted octanol–water partition coefficient (Wildman–Crippen LogP) is 4.83. The molecule has 21 heavy (non-hydrogen) atoms. The molecule has 1 aromatic rings. The van der Waals surface area contributed by atoms with E-state index in [1.54, 1.807) is 6.07 Å². The Bertz CT molecular complexity index is 488. The number of benzene rings is 1. The zero-order chi connectivity index (χ0) is 14.8. The zero-order valence-electron chi connectivity index (χ0n) is 12.7. The second kappa shape index (κ2) is 6.43. The Morgan fingerprint density at radius 1 is 1.05 bits per heavy atom. The molecule has 2 saturated carbocycles. The van der Waals surface area contributed by atoms with Crippen LogP contribution in [-0.2, 0) is 0 Å². The van der Waals surface area contributed by atoms with Crippen LogP contribution in [-0.4, -0.2) is 7.05 Å². The van der Waals surface area contributed by atoms with Crippen molar-refractivity contribution in [2.75, 3.05) is 7.05 Å². The molecule has 3 heteroatoms. The van der Waals surface area contributed by atoms with Gasteiger partial charge in [0.1, 0.15) is 11.6 Å². The van der Waals surface area contributed by atoms with E-state index in [9.17, 15) is 8.78 Å². The van der Waals surface area contributed by atoms with Gasteiger partial charge in [-0.2, -0.15) is 0 Å². The van der Waals surface area contributed by atoms with Crippen molar-refractivity contribution in [3.63, 3.8) is 0 Å². The maximum Gasteiger partial charge on any atom is 0.130 e. The van der Waals surface area contributed by atoms with Crippen molar-refractivity contribution in [3.8, 4) is 0 Å². The van der Waals surface area contributed by atoms with E-state index in [0.29, 0.717) is 11.5 Å². The molecule has 2 fully saturated rings. The van der Waals surface area contributed by atoms with Gasteiger partial charge in [0.25, 0.3) is 0 Å². The van der Waals surface area contributed by atoms with Crippen molar-refractivity contribution in [3.05, 3.63) is 35.4 Å². The topological polar surface area (TPSA) is 12.0 Å². The SMILES string of the molecule is CNC(c1ccc(F)cc1F)C1CCC2CCCCC2C1. The Hall–Kier alpha value is -0.960. The third-order valence-electron chi connectivity index (χ3n) is 5.66. The first-order valence-electron chi connectivity index (χ1n) is 8.31. The van der Waals surface area contributed by atoms with E-state index >= 15 is 0 Å². The van der Waals surface area contributed by atoms with Gasteiger partial charge in [-0.1, -0.05) is 31.7 Å². The highest BCUT2D eigenvalue weighted by molar-refractivity contribution is 5.23. The molecule has 1 aromatic carbocycles. The lowest BCUT2D eigenvalue weighted by Crippen LogP contribution is -2.34. The van der Waals surface area contributed by atoms with Gasteiger partial charge in [0.15, 0.2) is 0 Å². The first kappa shape index (κ1) is 15.0. The Kier molecular flexibility index (Phi) is 4.58. The van der Waals surface area contributed by atoms with Crippen molar-refractivity contribution < 1.29 is 8.78 Å². The third-order valence-corrected chi connectivity index (χ3v) is 5.66. The summed E-state index contributed by atoms with van der Waals surface area (Å²) in [7, 11) is 1.89. The highest BCUT2D eigenvalue weighted by Gasteiger charge is 2.36. The number of fused-ring (bicyclic) bond motifs is 1. The van der Waals surface area contributed by atoms with Gasteiger partial charge >= 0.3 is 0 Å². The average Bonchev–Trinajstić information content (AvgIpc) is 2.50. The molecular formula is C18H25F2N. The third kappa shape index (κ3) is 3.13. The molecule has 2 aliphatic rings. The molecule has 2 aliphatic carbocycles. The summed E-state index contributed by atoms with van der Waals surface area (Å²) >= 11 is 0. The molecule has 3 rings (SSSR count). The fourth-order valence-corrected chi connectivity index (χ4v) is 4.61. The van der Waals surface area contributed by atoms with Crippen molar-refractivity contribution in [2.45, 2.75) is 51.0 Å². The quantitative estimate of drug-likeness (QED) is 0.841. The highest BCUT2D eigenvalue weighted by Crippen LogP contribution is 2.46.